The van der Waals surface area contributed by atoms with Crippen LogP contribution in [0.3, 0.4) is 0 Å². The summed E-state index contributed by atoms with van der Waals surface area (Å²) < 4.78 is 0. The van der Waals surface area contributed by atoms with E-state index >= 15 is 0 Å². The minimum absolute atomic E-state index is 0.00809. The summed E-state index contributed by atoms with van der Waals surface area (Å²) in [6, 6.07) is 17.8. The van der Waals surface area contributed by atoms with Gasteiger partial charge < -0.3 is 10.3 Å². The van der Waals surface area contributed by atoms with Crippen molar-refractivity contribution in [1.29, 1.82) is 0 Å². The first kappa shape index (κ1) is 12.8. The average molecular weight is 282 g/mol. The van der Waals surface area contributed by atoms with Crippen molar-refractivity contribution in [2.45, 2.75) is 4.90 Å². The van der Waals surface area contributed by atoms with Crippen LogP contribution >= 0.6 is 11.8 Å². The van der Waals surface area contributed by atoms with Crippen molar-refractivity contribution in [2.75, 3.05) is 11.1 Å². The molecule has 0 saturated carbocycles. The Morgan fingerprint density at radius 2 is 1.95 bits per heavy atom. The normalized spacial score (nSPS) is 10.6. The molecule has 1 heterocycles. The Kier molecular flexibility index (Phi) is 3.74. The van der Waals surface area contributed by atoms with Crippen molar-refractivity contribution in [3.05, 3.63) is 60.8 Å². The zero-order chi connectivity index (χ0) is 13.8. The Balaban J connectivity index is 1.61. The quantitative estimate of drug-likeness (QED) is 0.713. The highest BCUT2D eigenvalue weighted by Crippen LogP contribution is 2.20. The Morgan fingerprint density at radius 3 is 2.80 bits per heavy atom. The van der Waals surface area contributed by atoms with Gasteiger partial charge in [-0.05, 0) is 36.4 Å². The van der Waals surface area contributed by atoms with E-state index in [1.807, 2.05) is 60.8 Å². The molecule has 0 aliphatic carbocycles. The Hall–Kier alpha value is -2.20. The van der Waals surface area contributed by atoms with E-state index < -0.39 is 0 Å². The number of hydrogen-bond donors (Lipinski definition) is 2. The molecule has 2 N–H and O–H groups in total. The smallest absolute Gasteiger partial charge is 0.234 e. The second-order valence-electron chi connectivity index (χ2n) is 4.43. The second kappa shape index (κ2) is 5.84. The number of aromatic amines is 1. The maximum Gasteiger partial charge on any atom is 0.234 e. The van der Waals surface area contributed by atoms with E-state index in [0.717, 1.165) is 21.5 Å². The lowest BCUT2D eigenvalue weighted by Crippen LogP contribution is -2.13. The molecule has 0 unspecified atom stereocenters. The Labute approximate surface area is 121 Å². The third kappa shape index (κ3) is 3.03. The van der Waals surface area contributed by atoms with Crippen LogP contribution in [0.1, 0.15) is 0 Å². The van der Waals surface area contributed by atoms with Crippen molar-refractivity contribution >= 4 is 34.3 Å². The maximum absolute atomic E-state index is 11.9. The minimum Gasteiger partial charge on any atom is -0.361 e. The molecule has 0 fully saturated rings. The lowest BCUT2D eigenvalue weighted by atomic mass is 10.2. The topological polar surface area (TPSA) is 44.9 Å². The fourth-order valence-electron chi connectivity index (χ4n) is 1.99. The number of thioether (sulfide) groups is 1. The molecular formula is C16H14N2OS. The van der Waals surface area contributed by atoms with Crippen molar-refractivity contribution in [3.63, 3.8) is 0 Å². The molecule has 0 spiro atoms. The summed E-state index contributed by atoms with van der Waals surface area (Å²) in [4.78, 5) is 16.2. The summed E-state index contributed by atoms with van der Waals surface area (Å²) in [5, 5.41) is 4.02. The van der Waals surface area contributed by atoms with Crippen LogP contribution < -0.4 is 5.32 Å². The lowest BCUT2D eigenvalue weighted by molar-refractivity contribution is -0.113. The second-order valence-corrected chi connectivity index (χ2v) is 5.48. The summed E-state index contributed by atoms with van der Waals surface area (Å²) in [5.41, 5.74) is 1.90. The number of anilines is 1. The van der Waals surface area contributed by atoms with E-state index in [1.165, 1.54) is 11.8 Å². The van der Waals surface area contributed by atoms with Gasteiger partial charge in [-0.2, -0.15) is 0 Å². The summed E-state index contributed by atoms with van der Waals surface area (Å²) in [7, 11) is 0. The van der Waals surface area contributed by atoms with E-state index in [0.29, 0.717) is 5.75 Å². The van der Waals surface area contributed by atoms with Crippen LogP contribution in [0.2, 0.25) is 0 Å². The molecule has 0 aliphatic rings. The van der Waals surface area contributed by atoms with Crippen molar-refractivity contribution in [2.24, 2.45) is 0 Å². The molecule has 1 amide bonds. The van der Waals surface area contributed by atoms with Gasteiger partial charge in [-0.1, -0.05) is 18.2 Å². The van der Waals surface area contributed by atoms with Gasteiger partial charge in [0.1, 0.15) is 0 Å². The van der Waals surface area contributed by atoms with Gasteiger partial charge in [0.15, 0.2) is 0 Å². The number of aromatic nitrogens is 1. The van der Waals surface area contributed by atoms with Crippen molar-refractivity contribution in [1.82, 2.24) is 4.98 Å². The standard InChI is InChI=1S/C16H14N2OS/c19-16(11-20-14-4-2-1-3-5-14)18-13-6-7-15-12(10-13)8-9-17-15/h1-10,17H,11H2,(H,18,19). The summed E-state index contributed by atoms with van der Waals surface area (Å²) in [6.45, 7) is 0. The number of H-pyrrole nitrogens is 1. The van der Waals surface area contributed by atoms with Crippen molar-refractivity contribution in [3.8, 4) is 0 Å². The lowest BCUT2D eigenvalue weighted by Gasteiger charge is -2.05. The van der Waals surface area contributed by atoms with Gasteiger partial charge in [-0.25, -0.2) is 0 Å². The van der Waals surface area contributed by atoms with Gasteiger partial charge in [0.2, 0.25) is 5.91 Å². The highest BCUT2D eigenvalue weighted by atomic mass is 32.2. The molecule has 0 aliphatic heterocycles. The Morgan fingerprint density at radius 1 is 1.10 bits per heavy atom. The molecule has 0 radical (unpaired) electrons. The molecule has 1 aromatic heterocycles. The van der Waals surface area contributed by atoms with E-state index in [9.17, 15) is 4.79 Å². The average Bonchev–Trinajstić information content (AvgIpc) is 2.94. The van der Waals surface area contributed by atoms with Crippen LogP contribution in [0.4, 0.5) is 5.69 Å². The third-order valence-corrected chi connectivity index (χ3v) is 3.96. The fourth-order valence-corrected chi connectivity index (χ4v) is 2.71. The molecule has 0 atom stereocenters. The number of carbonyl (C=O) groups excluding carboxylic acids is 1. The molecule has 100 valence electrons. The monoisotopic (exact) mass is 282 g/mol. The van der Waals surface area contributed by atoms with Gasteiger partial charge in [0.25, 0.3) is 0 Å². The number of rotatable bonds is 4. The number of benzene rings is 2. The summed E-state index contributed by atoms with van der Waals surface area (Å²) >= 11 is 1.53. The highest BCUT2D eigenvalue weighted by molar-refractivity contribution is 8.00. The predicted octanol–water partition coefficient (Wildman–Crippen LogP) is 3.90. The van der Waals surface area contributed by atoms with Gasteiger partial charge in [0, 0.05) is 27.7 Å². The first-order valence-electron chi connectivity index (χ1n) is 6.36. The molecule has 3 aromatic rings. The molecule has 2 aromatic carbocycles. The number of nitrogens with one attached hydrogen (secondary N) is 2. The number of hydrogen-bond acceptors (Lipinski definition) is 2. The first-order valence-corrected chi connectivity index (χ1v) is 7.35. The molecule has 0 saturated heterocycles. The van der Waals surface area contributed by atoms with Crippen LogP contribution in [0.25, 0.3) is 10.9 Å². The van der Waals surface area contributed by atoms with Gasteiger partial charge >= 0.3 is 0 Å². The number of carbonyl (C=O) groups is 1. The molecule has 4 heteroatoms. The van der Waals surface area contributed by atoms with E-state index in [2.05, 4.69) is 10.3 Å². The number of amides is 1. The zero-order valence-electron chi connectivity index (χ0n) is 10.8. The third-order valence-electron chi connectivity index (χ3n) is 2.95. The maximum atomic E-state index is 11.9. The van der Waals surface area contributed by atoms with Crippen LogP contribution in [-0.2, 0) is 4.79 Å². The van der Waals surface area contributed by atoms with Crippen LogP contribution in [0, 0.1) is 0 Å². The van der Waals surface area contributed by atoms with E-state index in [-0.39, 0.29) is 5.91 Å². The van der Waals surface area contributed by atoms with Gasteiger partial charge in [-0.3, -0.25) is 4.79 Å². The fraction of sp³-hybridized carbons (Fsp3) is 0.0625. The molecular weight excluding hydrogens is 268 g/mol. The zero-order valence-corrected chi connectivity index (χ0v) is 11.6. The largest absolute Gasteiger partial charge is 0.361 e. The molecule has 3 rings (SSSR count). The first-order chi connectivity index (χ1) is 9.81. The molecule has 0 bridgehead atoms. The van der Waals surface area contributed by atoms with E-state index in [4.69, 9.17) is 0 Å². The molecule has 3 nitrogen and oxygen atoms in total. The van der Waals surface area contributed by atoms with E-state index in [1.54, 1.807) is 0 Å². The Bertz CT molecular complexity index is 721. The molecule has 20 heavy (non-hydrogen) atoms. The SMILES string of the molecule is O=C(CSc1ccccc1)Nc1ccc2[nH]ccc2c1. The minimum atomic E-state index is 0.00809. The van der Waals surface area contributed by atoms with Gasteiger partial charge in [0.05, 0.1) is 5.75 Å². The summed E-state index contributed by atoms with van der Waals surface area (Å²) in [5.74, 6) is 0.420. The van der Waals surface area contributed by atoms with Crippen LogP contribution in [0.5, 0.6) is 0 Å². The van der Waals surface area contributed by atoms with Gasteiger partial charge in [-0.15, -0.1) is 11.8 Å². The van der Waals surface area contributed by atoms with Crippen LogP contribution in [0.15, 0.2) is 65.7 Å². The predicted molar refractivity (Wildman–Crippen MR) is 84.1 cm³/mol. The summed E-state index contributed by atoms with van der Waals surface area (Å²) in [6.07, 6.45) is 1.89. The number of fused-ring (bicyclic) bond motifs is 1. The highest BCUT2D eigenvalue weighted by Gasteiger charge is 2.04. The van der Waals surface area contributed by atoms with Crippen LogP contribution in [-0.4, -0.2) is 16.6 Å². The van der Waals surface area contributed by atoms with Crippen molar-refractivity contribution < 1.29 is 4.79 Å².